The zero-order valence-corrected chi connectivity index (χ0v) is 23.6. The van der Waals surface area contributed by atoms with Crippen LogP contribution < -0.4 is 10.2 Å². The number of fused-ring (bicyclic) bond motifs is 1. The van der Waals surface area contributed by atoms with Crippen LogP contribution >= 0.6 is 0 Å². The summed E-state index contributed by atoms with van der Waals surface area (Å²) in [6.07, 6.45) is 16.8. The Morgan fingerprint density at radius 1 is 1.05 bits per heavy atom. The highest BCUT2D eigenvalue weighted by atomic mass is 16.2. The maximum atomic E-state index is 13.4. The van der Waals surface area contributed by atoms with Crippen molar-refractivity contribution in [2.75, 3.05) is 23.3 Å². The van der Waals surface area contributed by atoms with Gasteiger partial charge in [-0.2, -0.15) is 15.5 Å². The molecule has 208 valence electrons. The second kappa shape index (κ2) is 10.9. The van der Waals surface area contributed by atoms with Gasteiger partial charge in [0.05, 0.1) is 28.9 Å². The van der Waals surface area contributed by atoms with Gasteiger partial charge in [-0.1, -0.05) is 18.9 Å². The number of aryl methyl sites for hydroxylation is 1. The van der Waals surface area contributed by atoms with Crippen LogP contribution in [0.15, 0.2) is 73.4 Å². The molecule has 0 saturated carbocycles. The van der Waals surface area contributed by atoms with Crippen LogP contribution in [0.25, 0.3) is 27.8 Å². The quantitative estimate of drug-likeness (QED) is 0.286. The Morgan fingerprint density at radius 3 is 2.55 bits per heavy atom. The van der Waals surface area contributed by atoms with E-state index in [-0.39, 0.29) is 5.91 Å². The van der Waals surface area contributed by atoms with Gasteiger partial charge in [0.1, 0.15) is 11.9 Å². The average Bonchev–Trinajstić information content (AvgIpc) is 3.66. The molecular weight excluding hydrogens is 524 g/mol. The summed E-state index contributed by atoms with van der Waals surface area (Å²) in [5.74, 6) is 3.52. The van der Waals surface area contributed by atoms with E-state index < -0.39 is 5.41 Å². The SMILES string of the molecule is C#Cc1cccc(NC(=O)C2(CC)CCN(c3ccc(-c4cc(-c5cnn(C)c5)cn5ncc(C#N)c45)cn3)CC2)c1. The Labute approximate surface area is 244 Å². The summed E-state index contributed by atoms with van der Waals surface area (Å²) in [6.45, 7) is 3.52. The van der Waals surface area contributed by atoms with Crippen LogP contribution in [0.2, 0.25) is 0 Å². The number of nitrogens with one attached hydrogen (secondary N) is 1. The predicted octanol–water partition coefficient (Wildman–Crippen LogP) is 5.29. The zero-order chi connectivity index (χ0) is 29.3. The molecule has 0 atom stereocenters. The number of nitrogens with zero attached hydrogens (tertiary/aromatic N) is 7. The highest BCUT2D eigenvalue weighted by Crippen LogP contribution is 2.38. The second-order valence-corrected chi connectivity index (χ2v) is 10.7. The first-order chi connectivity index (χ1) is 20.4. The number of pyridine rings is 2. The Bertz CT molecular complexity index is 1860. The molecule has 0 aliphatic carbocycles. The number of carbonyl (C=O) groups excluding carboxylic acids is 1. The number of carbonyl (C=O) groups is 1. The fourth-order valence-corrected chi connectivity index (χ4v) is 5.74. The minimum absolute atomic E-state index is 0.0359. The molecule has 1 aliphatic heterocycles. The first kappa shape index (κ1) is 26.8. The van der Waals surface area contributed by atoms with Crippen LogP contribution in [0.3, 0.4) is 0 Å². The summed E-state index contributed by atoms with van der Waals surface area (Å²) < 4.78 is 3.50. The van der Waals surface area contributed by atoms with Crippen molar-refractivity contribution in [3.63, 3.8) is 0 Å². The number of benzene rings is 1. The van der Waals surface area contributed by atoms with Gasteiger partial charge in [0, 0.05) is 72.2 Å². The van der Waals surface area contributed by atoms with E-state index >= 15 is 0 Å². The van der Waals surface area contributed by atoms with Crippen LogP contribution in [0.1, 0.15) is 37.3 Å². The second-order valence-electron chi connectivity index (χ2n) is 10.7. The van der Waals surface area contributed by atoms with Crippen LogP contribution in [-0.2, 0) is 11.8 Å². The van der Waals surface area contributed by atoms with Crippen molar-refractivity contribution < 1.29 is 4.79 Å². The van der Waals surface area contributed by atoms with Gasteiger partial charge in [-0.3, -0.25) is 9.48 Å². The Kier molecular flexibility index (Phi) is 6.93. The standard InChI is InChI=1S/C33H30N8O/c1-4-23-7-6-8-28(15-23)38-32(42)33(5-2)11-13-40(14-12-33)30-10-9-24(18-35-30)29-16-25(27-20-36-39(3)21-27)22-41-31(29)26(17-34)19-37-41/h1,6-10,15-16,18-22H,5,11-14H2,2-3H3,(H,38,42). The first-order valence-corrected chi connectivity index (χ1v) is 13.9. The lowest BCUT2D eigenvalue weighted by Crippen LogP contribution is -2.46. The predicted molar refractivity (Wildman–Crippen MR) is 163 cm³/mol. The molecule has 42 heavy (non-hydrogen) atoms. The van der Waals surface area contributed by atoms with E-state index in [4.69, 9.17) is 11.4 Å². The van der Waals surface area contributed by atoms with E-state index in [1.165, 1.54) is 0 Å². The van der Waals surface area contributed by atoms with Crippen molar-refractivity contribution in [1.29, 1.82) is 5.26 Å². The van der Waals surface area contributed by atoms with Crippen LogP contribution in [0.4, 0.5) is 11.5 Å². The van der Waals surface area contributed by atoms with E-state index in [0.29, 0.717) is 5.56 Å². The van der Waals surface area contributed by atoms with Crippen molar-refractivity contribution in [3.05, 3.63) is 84.6 Å². The maximum Gasteiger partial charge on any atom is 0.230 e. The molecule has 0 spiro atoms. The Morgan fingerprint density at radius 2 is 1.88 bits per heavy atom. The average molecular weight is 555 g/mol. The molecule has 1 saturated heterocycles. The van der Waals surface area contributed by atoms with Crippen molar-refractivity contribution in [2.45, 2.75) is 26.2 Å². The molecule has 1 fully saturated rings. The van der Waals surface area contributed by atoms with Gasteiger partial charge < -0.3 is 10.2 Å². The number of terminal acetylenes is 1. The number of hydrogen-bond donors (Lipinski definition) is 1. The molecule has 0 radical (unpaired) electrons. The summed E-state index contributed by atoms with van der Waals surface area (Å²) in [7, 11) is 1.88. The van der Waals surface area contributed by atoms with E-state index in [2.05, 4.69) is 45.4 Å². The van der Waals surface area contributed by atoms with E-state index in [9.17, 15) is 10.1 Å². The van der Waals surface area contributed by atoms with Crippen molar-refractivity contribution in [3.8, 4) is 40.7 Å². The Balaban J connectivity index is 1.22. The third-order valence-corrected chi connectivity index (χ3v) is 8.32. The van der Waals surface area contributed by atoms with E-state index in [1.54, 1.807) is 15.4 Å². The molecule has 1 aliphatic rings. The lowest BCUT2D eigenvalue weighted by molar-refractivity contribution is -0.127. The zero-order valence-electron chi connectivity index (χ0n) is 23.6. The fourth-order valence-electron chi connectivity index (χ4n) is 5.74. The lowest BCUT2D eigenvalue weighted by Gasteiger charge is -2.40. The molecular formula is C33H30N8O. The van der Waals surface area contributed by atoms with Gasteiger partial charge in [0.25, 0.3) is 0 Å². The molecule has 6 rings (SSSR count). The fraction of sp³-hybridized carbons (Fsp3) is 0.242. The number of aromatic nitrogens is 5. The van der Waals surface area contributed by atoms with Gasteiger partial charge in [-0.05, 0) is 55.7 Å². The number of nitriles is 1. The summed E-state index contributed by atoms with van der Waals surface area (Å²) >= 11 is 0. The van der Waals surface area contributed by atoms with Crippen molar-refractivity contribution >= 4 is 22.9 Å². The van der Waals surface area contributed by atoms with Crippen LogP contribution in [0, 0.1) is 29.1 Å². The number of anilines is 2. The van der Waals surface area contributed by atoms with Gasteiger partial charge in [0.2, 0.25) is 5.91 Å². The third kappa shape index (κ3) is 4.86. The molecule has 5 aromatic rings. The molecule has 1 N–H and O–H groups in total. The third-order valence-electron chi connectivity index (χ3n) is 8.32. The number of rotatable bonds is 6. The largest absolute Gasteiger partial charge is 0.357 e. The minimum Gasteiger partial charge on any atom is -0.357 e. The summed E-state index contributed by atoms with van der Waals surface area (Å²) in [5, 5.41) is 21.6. The molecule has 9 heteroatoms. The minimum atomic E-state index is -0.448. The monoisotopic (exact) mass is 554 g/mol. The molecule has 9 nitrogen and oxygen atoms in total. The van der Waals surface area contributed by atoms with Crippen molar-refractivity contribution in [1.82, 2.24) is 24.4 Å². The molecule has 0 bridgehead atoms. The van der Waals surface area contributed by atoms with Gasteiger partial charge in [0.15, 0.2) is 0 Å². The van der Waals surface area contributed by atoms with E-state index in [1.807, 2.05) is 68.2 Å². The molecule has 5 heterocycles. The maximum absolute atomic E-state index is 13.4. The molecule has 4 aromatic heterocycles. The van der Waals surface area contributed by atoms with Gasteiger partial charge in [-0.25, -0.2) is 9.50 Å². The normalized spacial score (nSPS) is 14.3. The van der Waals surface area contributed by atoms with E-state index in [0.717, 1.165) is 77.2 Å². The first-order valence-electron chi connectivity index (χ1n) is 13.9. The molecule has 1 amide bonds. The number of amides is 1. The summed E-state index contributed by atoms with van der Waals surface area (Å²) in [4.78, 5) is 20.4. The number of hydrogen-bond acceptors (Lipinski definition) is 6. The van der Waals surface area contributed by atoms with Gasteiger partial charge >= 0.3 is 0 Å². The molecule has 0 unspecified atom stereocenters. The lowest BCUT2D eigenvalue weighted by atomic mass is 9.75. The summed E-state index contributed by atoms with van der Waals surface area (Å²) in [6, 6.07) is 15.8. The highest BCUT2D eigenvalue weighted by molar-refractivity contribution is 5.95. The Hall–Kier alpha value is -5.41. The summed E-state index contributed by atoms with van der Waals surface area (Å²) in [5.41, 5.74) is 5.92. The van der Waals surface area contributed by atoms with Gasteiger partial charge in [-0.15, -0.1) is 6.42 Å². The number of piperidine rings is 1. The van der Waals surface area contributed by atoms with Crippen LogP contribution in [-0.4, -0.2) is 43.4 Å². The highest BCUT2D eigenvalue weighted by Gasteiger charge is 2.40. The smallest absolute Gasteiger partial charge is 0.230 e. The topological polar surface area (TPSA) is 104 Å². The van der Waals surface area contributed by atoms with Crippen molar-refractivity contribution in [2.24, 2.45) is 12.5 Å². The molecule has 1 aromatic carbocycles. The van der Waals surface area contributed by atoms with Crippen LogP contribution in [0.5, 0.6) is 0 Å².